The summed E-state index contributed by atoms with van der Waals surface area (Å²) < 4.78 is 11.6. The molecule has 2 aromatic rings. The molecule has 0 aromatic heterocycles. The Morgan fingerprint density at radius 2 is 1.14 bits per heavy atom. The van der Waals surface area contributed by atoms with Gasteiger partial charge in [0.25, 0.3) is 0 Å². The molecule has 0 bridgehead atoms. The first-order valence-corrected chi connectivity index (χ1v) is 10.8. The van der Waals surface area contributed by atoms with Gasteiger partial charge < -0.3 is 9.47 Å². The topological polar surface area (TPSA) is 30.8 Å². The van der Waals surface area contributed by atoms with Gasteiger partial charge in [0.05, 0.1) is 18.9 Å². The van der Waals surface area contributed by atoms with Gasteiger partial charge in [0.2, 0.25) is 0 Å². The maximum atomic E-state index is 5.78. The molecule has 0 radical (unpaired) electrons. The Morgan fingerprint density at radius 3 is 1.64 bits per heavy atom. The summed E-state index contributed by atoms with van der Waals surface area (Å²) in [6, 6.07) is 16.1. The highest BCUT2D eigenvalue weighted by Crippen LogP contribution is 2.19. The van der Waals surface area contributed by atoms with Gasteiger partial charge in [0.1, 0.15) is 11.5 Å². The lowest BCUT2D eigenvalue weighted by Gasteiger charge is -2.06. The molecule has 0 unspecified atom stereocenters. The van der Waals surface area contributed by atoms with Crippen LogP contribution < -0.4 is 9.47 Å². The van der Waals surface area contributed by atoms with Crippen molar-refractivity contribution in [1.82, 2.24) is 0 Å². The predicted molar refractivity (Wildman–Crippen MR) is 119 cm³/mol. The highest BCUT2D eigenvalue weighted by molar-refractivity contribution is 5.82. The number of nitrogens with zero attached hydrogens (tertiary/aromatic N) is 1. The molecule has 0 aliphatic heterocycles. The summed E-state index contributed by atoms with van der Waals surface area (Å²) >= 11 is 0. The van der Waals surface area contributed by atoms with Gasteiger partial charge in [-0.15, -0.1) is 0 Å². The van der Waals surface area contributed by atoms with E-state index in [1.54, 1.807) is 0 Å². The van der Waals surface area contributed by atoms with Gasteiger partial charge in [-0.25, -0.2) is 0 Å². The highest BCUT2D eigenvalue weighted by atomic mass is 16.5. The summed E-state index contributed by atoms with van der Waals surface area (Å²) in [5.41, 5.74) is 1.99. The summed E-state index contributed by atoms with van der Waals surface area (Å²) in [5, 5.41) is 0. The normalized spacial score (nSPS) is 11.1. The number of unbranched alkanes of at least 4 members (excludes halogenated alkanes) is 6. The van der Waals surface area contributed by atoms with E-state index in [9.17, 15) is 0 Å². The van der Waals surface area contributed by atoms with Crippen LogP contribution in [0.2, 0.25) is 0 Å². The van der Waals surface area contributed by atoms with Crippen molar-refractivity contribution in [3.05, 3.63) is 54.1 Å². The zero-order valence-corrected chi connectivity index (χ0v) is 17.5. The molecule has 2 rings (SSSR count). The number of rotatable bonds is 14. The van der Waals surface area contributed by atoms with Gasteiger partial charge >= 0.3 is 0 Å². The Balaban J connectivity index is 1.73. The van der Waals surface area contributed by atoms with Crippen molar-refractivity contribution in [3.63, 3.8) is 0 Å². The van der Waals surface area contributed by atoms with Crippen LogP contribution in [0.3, 0.4) is 0 Å². The Hall–Kier alpha value is -2.29. The summed E-state index contributed by atoms with van der Waals surface area (Å²) in [6.07, 6.45) is 11.7. The Morgan fingerprint density at radius 1 is 0.643 bits per heavy atom. The minimum atomic E-state index is 0.787. The third kappa shape index (κ3) is 9.07. The van der Waals surface area contributed by atoms with Gasteiger partial charge in [-0.3, -0.25) is 4.99 Å². The van der Waals surface area contributed by atoms with Gasteiger partial charge in [0, 0.05) is 6.21 Å². The lowest BCUT2D eigenvalue weighted by atomic mass is 10.2. The van der Waals surface area contributed by atoms with Crippen LogP contribution in [-0.2, 0) is 0 Å². The molecule has 152 valence electrons. The van der Waals surface area contributed by atoms with Crippen molar-refractivity contribution in [2.24, 2.45) is 4.99 Å². The van der Waals surface area contributed by atoms with Crippen LogP contribution in [0.15, 0.2) is 53.5 Å². The van der Waals surface area contributed by atoms with E-state index >= 15 is 0 Å². The van der Waals surface area contributed by atoms with Gasteiger partial charge in [0.15, 0.2) is 0 Å². The molecule has 28 heavy (non-hydrogen) atoms. The van der Waals surface area contributed by atoms with E-state index in [1.165, 1.54) is 38.5 Å². The van der Waals surface area contributed by atoms with Crippen molar-refractivity contribution in [2.45, 2.75) is 65.2 Å². The molecule has 3 heteroatoms. The number of ether oxygens (including phenoxy) is 2. The number of hydrogen-bond acceptors (Lipinski definition) is 3. The summed E-state index contributed by atoms with van der Waals surface area (Å²) in [6.45, 7) is 6.02. The quantitative estimate of drug-likeness (QED) is 0.253. The van der Waals surface area contributed by atoms with Crippen LogP contribution in [0.25, 0.3) is 0 Å². The van der Waals surface area contributed by atoms with Crippen LogP contribution in [-0.4, -0.2) is 19.4 Å². The molecule has 0 spiro atoms. The van der Waals surface area contributed by atoms with Crippen molar-refractivity contribution >= 4 is 11.9 Å². The zero-order valence-electron chi connectivity index (χ0n) is 17.5. The zero-order chi connectivity index (χ0) is 19.9. The van der Waals surface area contributed by atoms with Crippen LogP contribution >= 0.6 is 0 Å². The van der Waals surface area contributed by atoms with Crippen LogP contribution in [0, 0.1) is 0 Å². The van der Waals surface area contributed by atoms with E-state index < -0.39 is 0 Å². The Labute approximate surface area is 170 Å². The summed E-state index contributed by atoms with van der Waals surface area (Å²) in [5.74, 6) is 1.84. The summed E-state index contributed by atoms with van der Waals surface area (Å²) in [4.78, 5) is 4.54. The van der Waals surface area contributed by atoms with Crippen LogP contribution in [0.5, 0.6) is 11.5 Å². The molecule has 0 heterocycles. The largest absolute Gasteiger partial charge is 0.494 e. The molecule has 3 nitrogen and oxygen atoms in total. The molecule has 0 saturated heterocycles. The van der Waals surface area contributed by atoms with Gasteiger partial charge in [-0.05, 0) is 66.9 Å². The first-order valence-electron chi connectivity index (χ1n) is 10.8. The number of hydrogen-bond donors (Lipinski definition) is 0. The first kappa shape index (κ1) is 22.0. The molecular weight excluding hydrogens is 346 g/mol. The van der Waals surface area contributed by atoms with E-state index in [2.05, 4.69) is 18.8 Å². The molecule has 0 aliphatic carbocycles. The molecular formula is C25H35NO2. The molecule has 2 aromatic carbocycles. The second-order valence-electron chi connectivity index (χ2n) is 7.14. The molecule has 0 atom stereocenters. The minimum absolute atomic E-state index is 0.787. The average molecular weight is 382 g/mol. The van der Waals surface area contributed by atoms with Crippen molar-refractivity contribution in [2.75, 3.05) is 13.2 Å². The van der Waals surface area contributed by atoms with E-state index in [0.29, 0.717) is 0 Å². The highest BCUT2D eigenvalue weighted by Gasteiger charge is 1.97. The fraction of sp³-hybridized carbons (Fsp3) is 0.480. The van der Waals surface area contributed by atoms with E-state index in [4.69, 9.17) is 9.47 Å². The van der Waals surface area contributed by atoms with E-state index in [-0.39, 0.29) is 0 Å². The average Bonchev–Trinajstić information content (AvgIpc) is 2.74. The monoisotopic (exact) mass is 381 g/mol. The SMILES string of the molecule is CCCCCCOc1ccc(C=Nc2ccc(OCCCCCC)cc2)cc1. The van der Waals surface area contributed by atoms with Gasteiger partial charge in [-0.2, -0.15) is 0 Å². The molecule has 0 fully saturated rings. The predicted octanol–water partition coefficient (Wildman–Crippen LogP) is 7.36. The molecule has 0 N–H and O–H groups in total. The van der Waals surface area contributed by atoms with Crippen LogP contribution in [0.4, 0.5) is 5.69 Å². The van der Waals surface area contributed by atoms with Gasteiger partial charge in [-0.1, -0.05) is 52.4 Å². The molecule has 0 saturated carbocycles. The van der Waals surface area contributed by atoms with E-state index in [0.717, 1.165) is 48.8 Å². The second-order valence-corrected chi connectivity index (χ2v) is 7.14. The van der Waals surface area contributed by atoms with E-state index in [1.807, 2.05) is 54.7 Å². The number of benzene rings is 2. The smallest absolute Gasteiger partial charge is 0.119 e. The summed E-state index contributed by atoms with van der Waals surface area (Å²) in [7, 11) is 0. The maximum Gasteiger partial charge on any atom is 0.119 e. The lowest BCUT2D eigenvalue weighted by Crippen LogP contribution is -1.97. The third-order valence-corrected chi connectivity index (χ3v) is 4.61. The van der Waals surface area contributed by atoms with Crippen molar-refractivity contribution in [3.8, 4) is 11.5 Å². The fourth-order valence-electron chi connectivity index (χ4n) is 2.87. The maximum absolute atomic E-state index is 5.78. The standard InChI is InChI=1S/C25H35NO2/c1-3-5-7-9-19-27-24-15-11-22(12-16-24)21-26-23-13-17-25(18-14-23)28-20-10-8-6-4-2/h11-18,21H,3-10,19-20H2,1-2H3. The Bertz CT molecular complexity index is 602. The number of aliphatic imine (C=N–C) groups is 1. The third-order valence-electron chi connectivity index (χ3n) is 4.61. The molecule has 0 amide bonds. The fourth-order valence-corrected chi connectivity index (χ4v) is 2.87. The van der Waals surface area contributed by atoms with Crippen molar-refractivity contribution in [1.29, 1.82) is 0 Å². The molecule has 0 aliphatic rings. The van der Waals surface area contributed by atoms with Crippen LogP contribution in [0.1, 0.15) is 70.8 Å². The van der Waals surface area contributed by atoms with Crippen molar-refractivity contribution < 1.29 is 9.47 Å². The second kappa shape index (κ2) is 13.8. The lowest BCUT2D eigenvalue weighted by molar-refractivity contribution is 0.305. The Kier molecular flexibility index (Phi) is 10.9. The first-order chi connectivity index (χ1) is 13.8. The minimum Gasteiger partial charge on any atom is -0.494 e.